The zero-order chi connectivity index (χ0) is 13.7. The van der Waals surface area contributed by atoms with Crippen LogP contribution in [0.4, 0.5) is 0 Å². The number of rotatable bonds is 5. The molecule has 1 aliphatic heterocycles. The number of morpholine rings is 1. The van der Waals surface area contributed by atoms with Gasteiger partial charge in [-0.25, -0.2) is 0 Å². The largest absolute Gasteiger partial charge is 0.379 e. The first-order valence-electron chi connectivity index (χ1n) is 7.07. The fourth-order valence-electron chi connectivity index (χ4n) is 2.86. The first-order chi connectivity index (χ1) is 9.16. The Labute approximate surface area is 124 Å². The molecule has 1 aliphatic carbocycles. The van der Waals surface area contributed by atoms with E-state index in [1.807, 2.05) is 0 Å². The van der Waals surface area contributed by atoms with E-state index in [2.05, 4.69) is 15.9 Å². The third-order valence-electron chi connectivity index (χ3n) is 3.88. The van der Waals surface area contributed by atoms with Crippen LogP contribution < -0.4 is 0 Å². The summed E-state index contributed by atoms with van der Waals surface area (Å²) >= 11 is 3.38. The van der Waals surface area contributed by atoms with Gasteiger partial charge in [-0.05, 0) is 12.8 Å². The van der Waals surface area contributed by atoms with E-state index in [1.54, 1.807) is 8.61 Å². The Bertz CT molecular complexity index is 365. The second-order valence-electron chi connectivity index (χ2n) is 5.11. The molecule has 0 bridgehead atoms. The van der Waals surface area contributed by atoms with E-state index in [0.29, 0.717) is 38.2 Å². The number of hydrogen-bond acceptors (Lipinski definition) is 3. The van der Waals surface area contributed by atoms with Gasteiger partial charge in [0.25, 0.3) is 10.2 Å². The molecule has 2 fully saturated rings. The number of hydrogen-bond donors (Lipinski definition) is 0. The summed E-state index contributed by atoms with van der Waals surface area (Å²) in [6.07, 6.45) is 5.51. The normalized spacial score (nSPS) is 23.9. The molecule has 1 heterocycles. The maximum Gasteiger partial charge on any atom is 0.282 e. The lowest BCUT2D eigenvalue weighted by atomic mass is 9.95. The molecular formula is C12H23BrN2O3S. The van der Waals surface area contributed by atoms with Gasteiger partial charge in [-0.2, -0.15) is 17.0 Å². The van der Waals surface area contributed by atoms with Gasteiger partial charge in [0.15, 0.2) is 0 Å². The standard InChI is InChI=1S/C12H23BrN2O3S/c13-6-7-15(12-4-2-1-3-5-12)19(16,17)14-8-10-18-11-9-14/h12H,1-11H2. The van der Waals surface area contributed by atoms with Crippen LogP contribution in [0.15, 0.2) is 0 Å². The number of alkyl halides is 1. The summed E-state index contributed by atoms with van der Waals surface area (Å²) in [5.41, 5.74) is 0. The molecule has 0 atom stereocenters. The van der Waals surface area contributed by atoms with Crippen LogP contribution in [0.3, 0.4) is 0 Å². The Morgan fingerprint density at radius 1 is 1.16 bits per heavy atom. The highest BCUT2D eigenvalue weighted by Gasteiger charge is 2.35. The molecular weight excluding hydrogens is 332 g/mol. The number of halogens is 1. The molecule has 7 heteroatoms. The van der Waals surface area contributed by atoms with Gasteiger partial charge in [0, 0.05) is 31.0 Å². The van der Waals surface area contributed by atoms with Crippen molar-refractivity contribution in [2.24, 2.45) is 0 Å². The highest BCUT2D eigenvalue weighted by atomic mass is 79.9. The molecule has 0 unspecified atom stereocenters. The first-order valence-corrected chi connectivity index (χ1v) is 9.58. The molecule has 0 spiro atoms. The molecule has 0 aromatic rings. The fraction of sp³-hybridized carbons (Fsp3) is 1.00. The van der Waals surface area contributed by atoms with Crippen molar-refractivity contribution in [1.82, 2.24) is 8.61 Å². The lowest BCUT2D eigenvalue weighted by Gasteiger charge is -2.37. The molecule has 2 aliphatic rings. The van der Waals surface area contributed by atoms with Crippen LogP contribution >= 0.6 is 15.9 Å². The Kier molecular flexibility index (Phi) is 6.08. The van der Waals surface area contributed by atoms with E-state index >= 15 is 0 Å². The van der Waals surface area contributed by atoms with Crippen LogP contribution in [0.2, 0.25) is 0 Å². The zero-order valence-electron chi connectivity index (χ0n) is 11.3. The van der Waals surface area contributed by atoms with Crippen LogP contribution in [0.1, 0.15) is 32.1 Å². The van der Waals surface area contributed by atoms with Gasteiger partial charge < -0.3 is 4.74 Å². The Balaban J connectivity index is 2.11. The molecule has 0 aromatic carbocycles. The first kappa shape index (κ1) is 15.7. The van der Waals surface area contributed by atoms with Crippen molar-refractivity contribution >= 4 is 26.1 Å². The van der Waals surface area contributed by atoms with Crippen molar-refractivity contribution in [3.05, 3.63) is 0 Å². The minimum Gasteiger partial charge on any atom is -0.379 e. The lowest BCUT2D eigenvalue weighted by Crippen LogP contribution is -2.52. The maximum absolute atomic E-state index is 12.8. The van der Waals surface area contributed by atoms with Crippen molar-refractivity contribution in [1.29, 1.82) is 0 Å². The number of nitrogens with zero attached hydrogens (tertiary/aromatic N) is 2. The summed E-state index contributed by atoms with van der Waals surface area (Å²) in [7, 11) is -3.33. The molecule has 5 nitrogen and oxygen atoms in total. The van der Waals surface area contributed by atoms with Crippen LogP contribution in [0.5, 0.6) is 0 Å². The van der Waals surface area contributed by atoms with Crippen molar-refractivity contribution in [3.63, 3.8) is 0 Å². The van der Waals surface area contributed by atoms with Gasteiger partial charge in [-0.15, -0.1) is 0 Å². The fourth-order valence-corrected chi connectivity index (χ4v) is 5.30. The van der Waals surface area contributed by atoms with Crippen LogP contribution in [-0.4, -0.2) is 61.2 Å². The van der Waals surface area contributed by atoms with E-state index in [1.165, 1.54) is 6.42 Å². The zero-order valence-corrected chi connectivity index (χ0v) is 13.7. The average molecular weight is 355 g/mol. The molecule has 112 valence electrons. The van der Waals surface area contributed by atoms with E-state index in [4.69, 9.17) is 4.74 Å². The predicted molar refractivity (Wildman–Crippen MR) is 78.7 cm³/mol. The van der Waals surface area contributed by atoms with E-state index in [-0.39, 0.29) is 6.04 Å². The quantitative estimate of drug-likeness (QED) is 0.704. The summed E-state index contributed by atoms with van der Waals surface area (Å²) in [5.74, 6) is 0. The van der Waals surface area contributed by atoms with Gasteiger partial charge in [0.1, 0.15) is 0 Å². The maximum atomic E-state index is 12.8. The van der Waals surface area contributed by atoms with E-state index in [0.717, 1.165) is 25.7 Å². The van der Waals surface area contributed by atoms with Crippen LogP contribution in [0, 0.1) is 0 Å². The molecule has 0 radical (unpaired) electrons. The summed E-state index contributed by atoms with van der Waals surface area (Å²) in [6, 6.07) is 0.180. The monoisotopic (exact) mass is 354 g/mol. The van der Waals surface area contributed by atoms with Crippen molar-refractivity contribution < 1.29 is 13.2 Å². The van der Waals surface area contributed by atoms with E-state index < -0.39 is 10.2 Å². The van der Waals surface area contributed by atoms with Gasteiger partial charge in [-0.1, -0.05) is 35.2 Å². The Hall–Kier alpha value is 0.310. The van der Waals surface area contributed by atoms with Crippen molar-refractivity contribution in [3.8, 4) is 0 Å². The third-order valence-corrected chi connectivity index (χ3v) is 6.33. The van der Waals surface area contributed by atoms with Gasteiger partial charge in [0.05, 0.1) is 13.2 Å². The smallest absolute Gasteiger partial charge is 0.282 e. The van der Waals surface area contributed by atoms with Crippen molar-refractivity contribution in [2.75, 3.05) is 38.2 Å². The highest BCUT2D eigenvalue weighted by molar-refractivity contribution is 9.09. The van der Waals surface area contributed by atoms with Gasteiger partial charge in [0.2, 0.25) is 0 Å². The average Bonchev–Trinajstić information content (AvgIpc) is 2.46. The minimum absolute atomic E-state index is 0.180. The predicted octanol–water partition coefficient (Wildman–Crippen LogP) is 1.59. The van der Waals surface area contributed by atoms with Gasteiger partial charge in [-0.3, -0.25) is 0 Å². The Morgan fingerprint density at radius 3 is 2.37 bits per heavy atom. The molecule has 0 amide bonds. The van der Waals surface area contributed by atoms with Crippen molar-refractivity contribution in [2.45, 2.75) is 38.1 Å². The Morgan fingerprint density at radius 2 is 1.79 bits per heavy atom. The topological polar surface area (TPSA) is 49.9 Å². The summed E-state index contributed by atoms with van der Waals surface area (Å²) < 4.78 is 34.0. The third kappa shape index (κ3) is 3.91. The van der Waals surface area contributed by atoms with Crippen LogP contribution in [-0.2, 0) is 14.9 Å². The minimum atomic E-state index is -3.33. The summed E-state index contributed by atoms with van der Waals surface area (Å²) in [4.78, 5) is 0. The van der Waals surface area contributed by atoms with E-state index in [9.17, 15) is 8.42 Å². The molecule has 19 heavy (non-hydrogen) atoms. The summed E-state index contributed by atoms with van der Waals surface area (Å²) in [6.45, 7) is 2.53. The molecule has 1 saturated heterocycles. The van der Waals surface area contributed by atoms with Gasteiger partial charge >= 0.3 is 0 Å². The molecule has 1 saturated carbocycles. The SMILES string of the molecule is O=S(=O)(N1CCOCC1)N(CCBr)C1CCCCC1. The molecule has 0 N–H and O–H groups in total. The molecule has 2 rings (SSSR count). The lowest BCUT2D eigenvalue weighted by molar-refractivity contribution is 0.0687. The van der Waals surface area contributed by atoms with Crippen LogP contribution in [0.25, 0.3) is 0 Å². The summed E-state index contributed by atoms with van der Waals surface area (Å²) in [5, 5.41) is 0.688. The second kappa shape index (κ2) is 7.36. The molecule has 0 aromatic heterocycles. The number of ether oxygens (including phenoxy) is 1. The second-order valence-corrected chi connectivity index (χ2v) is 7.78. The highest BCUT2D eigenvalue weighted by Crippen LogP contribution is 2.26.